The van der Waals surface area contributed by atoms with E-state index in [1.165, 1.54) is 117 Å². The number of hydrogen-bond acceptors (Lipinski definition) is 2. The molecule has 0 aliphatic heterocycles. The maximum Gasteiger partial charge on any atom is 0.0543 e. The number of nitrogens with zero attached hydrogens (tertiary/aromatic N) is 1. The van der Waals surface area contributed by atoms with Gasteiger partial charge in [0.1, 0.15) is 0 Å². The van der Waals surface area contributed by atoms with Crippen molar-refractivity contribution in [2.24, 2.45) is 29.1 Å². The molecule has 2 heteroatoms. The maximum absolute atomic E-state index is 2.72. The van der Waals surface area contributed by atoms with Crippen molar-refractivity contribution in [3.8, 4) is 22.3 Å². The number of rotatable bonds is 3. The number of anilines is 3. The summed E-state index contributed by atoms with van der Waals surface area (Å²) in [6.45, 7) is 0. The number of hydrogen-bond donors (Lipinski definition) is 0. The van der Waals surface area contributed by atoms with Gasteiger partial charge in [-0.2, -0.15) is 0 Å². The molecule has 0 amide bonds. The standard InChI is InChI=1S/C52H43NS/c1-8-24-50(25-9-1)39-15-5-2-13-37(39)48-41(50)17-10-19-43(48)53(34-22-23-36-35-12-4-7-21-45(35)54-46(36)29-34)44-20-11-18-42-49(44)38-14-3-6-16-40(38)52(42)33-27-31-26-32-28-47(52)51(31,32)30-33/h2-7,10-23,29,31-33,47H,1,8-9,24-28,30H2/t31-,32?,33-,47-,51?,52+/m1/s1. The zero-order valence-electron chi connectivity index (χ0n) is 30.7. The van der Waals surface area contributed by atoms with Crippen molar-refractivity contribution in [2.75, 3.05) is 4.90 Å². The molecule has 1 aromatic heterocycles. The van der Waals surface area contributed by atoms with E-state index in [4.69, 9.17) is 0 Å². The molecular weight excluding hydrogens is 671 g/mol. The Morgan fingerprint density at radius 1 is 0.519 bits per heavy atom. The van der Waals surface area contributed by atoms with Crippen LogP contribution in [-0.2, 0) is 10.8 Å². The molecule has 5 fully saturated rings. The summed E-state index contributed by atoms with van der Waals surface area (Å²) in [4.78, 5) is 2.72. The van der Waals surface area contributed by atoms with Crippen molar-refractivity contribution in [1.29, 1.82) is 0 Å². The number of fused-ring (bicyclic) bond motifs is 16. The topological polar surface area (TPSA) is 3.24 Å². The van der Waals surface area contributed by atoms with E-state index < -0.39 is 0 Å². The van der Waals surface area contributed by atoms with Crippen LogP contribution in [-0.4, -0.2) is 0 Å². The smallest absolute Gasteiger partial charge is 0.0543 e. The summed E-state index contributed by atoms with van der Waals surface area (Å²) in [5, 5.41) is 2.73. The lowest BCUT2D eigenvalue weighted by Gasteiger charge is -2.70. The second-order valence-corrected chi connectivity index (χ2v) is 19.4. The molecular formula is C52H43NS. The van der Waals surface area contributed by atoms with Gasteiger partial charge in [-0.3, -0.25) is 0 Å². The first-order chi connectivity index (χ1) is 26.7. The molecule has 0 saturated heterocycles. The van der Waals surface area contributed by atoms with Gasteiger partial charge in [0.05, 0.1) is 11.4 Å². The number of benzene rings is 6. The minimum absolute atomic E-state index is 0.110. The van der Waals surface area contributed by atoms with Gasteiger partial charge < -0.3 is 4.90 Å². The van der Waals surface area contributed by atoms with Crippen molar-refractivity contribution in [3.63, 3.8) is 0 Å². The van der Waals surface area contributed by atoms with Crippen LogP contribution in [0, 0.1) is 29.1 Å². The van der Waals surface area contributed by atoms with E-state index in [0.29, 0.717) is 5.41 Å². The highest BCUT2D eigenvalue weighted by atomic mass is 32.1. The first kappa shape index (κ1) is 29.7. The van der Waals surface area contributed by atoms with Crippen molar-refractivity contribution in [1.82, 2.24) is 0 Å². The van der Waals surface area contributed by atoms with Gasteiger partial charge in [-0.1, -0.05) is 116 Å². The van der Waals surface area contributed by atoms with Crippen molar-refractivity contribution >= 4 is 48.6 Å². The third kappa shape index (κ3) is 3.20. The van der Waals surface area contributed by atoms with Crippen molar-refractivity contribution < 1.29 is 0 Å². The highest BCUT2D eigenvalue weighted by Crippen LogP contribution is 2.88. The molecule has 262 valence electrons. The molecule has 6 atom stereocenters. The highest BCUT2D eigenvalue weighted by Gasteiger charge is 2.82. The molecule has 54 heavy (non-hydrogen) atoms. The van der Waals surface area contributed by atoms with Crippen LogP contribution in [0.4, 0.5) is 17.1 Å². The van der Waals surface area contributed by atoms with E-state index in [9.17, 15) is 0 Å². The fourth-order valence-electron chi connectivity index (χ4n) is 15.1. The van der Waals surface area contributed by atoms with Crippen molar-refractivity contribution in [3.05, 3.63) is 150 Å². The molecule has 1 nitrogen and oxygen atoms in total. The van der Waals surface area contributed by atoms with E-state index >= 15 is 0 Å². The molecule has 7 aromatic rings. The summed E-state index contributed by atoms with van der Waals surface area (Å²) in [6, 6.07) is 50.3. The summed E-state index contributed by atoms with van der Waals surface area (Å²) in [5.74, 6) is 3.53. The van der Waals surface area contributed by atoms with Crippen LogP contribution in [0.15, 0.2) is 127 Å². The number of thiophene rings is 1. The van der Waals surface area contributed by atoms with Gasteiger partial charge in [0.2, 0.25) is 0 Å². The first-order valence-electron chi connectivity index (χ1n) is 20.9. The Morgan fingerprint density at radius 2 is 1.17 bits per heavy atom. The van der Waals surface area contributed by atoms with Crippen LogP contribution in [0.5, 0.6) is 0 Å². The molecule has 2 unspecified atom stereocenters. The summed E-state index contributed by atoms with van der Waals surface area (Å²) in [6.07, 6.45) is 12.3. The third-order valence-electron chi connectivity index (χ3n) is 16.8. The molecule has 0 radical (unpaired) electrons. The Balaban J connectivity index is 1.06. The van der Waals surface area contributed by atoms with Crippen LogP contribution < -0.4 is 4.90 Å². The minimum Gasteiger partial charge on any atom is -0.309 e. The van der Waals surface area contributed by atoms with Gasteiger partial charge in [0, 0.05) is 47.8 Å². The van der Waals surface area contributed by atoms with Crippen LogP contribution in [0.3, 0.4) is 0 Å². The van der Waals surface area contributed by atoms with E-state index in [2.05, 4.69) is 132 Å². The SMILES string of the molecule is c1ccc2c(c1)-c1c(N(c3ccc4c(c3)sc3ccccc34)c3cccc4c3-c3ccccc3[C@@]43[C@@H]4C[C@H]5CC6C[C@@H]3C65C4)cccc1C21CCCCC1. The van der Waals surface area contributed by atoms with Crippen LogP contribution in [0.2, 0.25) is 0 Å². The minimum atomic E-state index is 0.110. The lowest BCUT2D eigenvalue weighted by Crippen LogP contribution is -2.65. The van der Waals surface area contributed by atoms with E-state index in [-0.39, 0.29) is 10.8 Å². The zero-order valence-corrected chi connectivity index (χ0v) is 31.5. The van der Waals surface area contributed by atoms with Crippen molar-refractivity contribution in [2.45, 2.75) is 68.6 Å². The van der Waals surface area contributed by atoms with Crippen LogP contribution in [0.1, 0.15) is 80.0 Å². The fraction of sp³-hybridized carbons (Fsp3) is 0.308. The van der Waals surface area contributed by atoms with E-state index in [0.717, 1.165) is 23.7 Å². The fourth-order valence-corrected chi connectivity index (χ4v) is 16.2. The first-order valence-corrected chi connectivity index (χ1v) is 21.7. The zero-order chi connectivity index (χ0) is 35.0. The lowest BCUT2D eigenvalue weighted by atomic mass is 9.34. The van der Waals surface area contributed by atoms with E-state index in [1.807, 2.05) is 11.3 Å². The largest absolute Gasteiger partial charge is 0.309 e. The second-order valence-electron chi connectivity index (χ2n) is 18.3. The Hall–Kier alpha value is -4.66. The summed E-state index contributed by atoms with van der Waals surface area (Å²) in [7, 11) is 0. The predicted molar refractivity (Wildman–Crippen MR) is 224 cm³/mol. The Kier molecular flexibility index (Phi) is 5.47. The van der Waals surface area contributed by atoms with Gasteiger partial charge in [-0.05, 0) is 131 Å². The summed E-state index contributed by atoms with van der Waals surface area (Å²) >= 11 is 1.94. The molecule has 6 aromatic carbocycles. The molecule has 14 rings (SSSR count). The molecule has 1 heterocycles. The van der Waals surface area contributed by atoms with E-state index in [1.54, 1.807) is 22.3 Å². The average Bonchev–Trinajstić information content (AvgIpc) is 3.98. The van der Waals surface area contributed by atoms with Gasteiger partial charge >= 0.3 is 0 Å². The summed E-state index contributed by atoms with van der Waals surface area (Å²) < 4.78 is 2.73. The third-order valence-corrected chi connectivity index (χ3v) is 18.0. The van der Waals surface area contributed by atoms with Crippen LogP contribution >= 0.6 is 11.3 Å². The molecule has 7 aliphatic carbocycles. The van der Waals surface area contributed by atoms with Gasteiger partial charge in [-0.25, -0.2) is 0 Å². The molecule has 0 N–H and O–H groups in total. The lowest BCUT2D eigenvalue weighted by molar-refractivity contribution is -0.193. The van der Waals surface area contributed by atoms with Gasteiger partial charge in [0.15, 0.2) is 0 Å². The summed E-state index contributed by atoms with van der Waals surface area (Å²) in [5.41, 5.74) is 17.2. The molecule has 2 bridgehead atoms. The van der Waals surface area contributed by atoms with Crippen LogP contribution in [0.25, 0.3) is 42.4 Å². The quantitative estimate of drug-likeness (QED) is 0.176. The van der Waals surface area contributed by atoms with Gasteiger partial charge in [-0.15, -0.1) is 11.3 Å². The Morgan fingerprint density at radius 3 is 1.98 bits per heavy atom. The molecule has 3 spiro atoms. The monoisotopic (exact) mass is 713 g/mol. The Bertz CT molecular complexity index is 2780. The maximum atomic E-state index is 2.72. The predicted octanol–water partition coefficient (Wildman–Crippen LogP) is 14.1. The highest BCUT2D eigenvalue weighted by molar-refractivity contribution is 7.25. The average molecular weight is 714 g/mol. The molecule has 7 aliphatic rings. The second kappa shape index (κ2) is 9.95. The normalized spacial score (nSPS) is 29.5. The Labute approximate surface area is 321 Å². The van der Waals surface area contributed by atoms with Gasteiger partial charge in [0.25, 0.3) is 0 Å². The molecule has 5 saturated carbocycles.